The van der Waals surface area contributed by atoms with Crippen LogP contribution in [-0.2, 0) is 0 Å². The molecule has 1 N–H and O–H groups in total. The Bertz CT molecular complexity index is 811. The summed E-state index contributed by atoms with van der Waals surface area (Å²) in [5.74, 6) is -1.21. The Labute approximate surface area is 155 Å². The van der Waals surface area contributed by atoms with Gasteiger partial charge in [-0.15, -0.1) is 0 Å². The molecule has 2 aromatic carbocycles. The van der Waals surface area contributed by atoms with Crippen molar-refractivity contribution in [3.63, 3.8) is 0 Å². The first-order chi connectivity index (χ1) is 12.5. The maximum atomic E-state index is 13.4. The highest BCUT2D eigenvalue weighted by Crippen LogP contribution is 2.27. The van der Waals surface area contributed by atoms with Crippen LogP contribution in [-0.4, -0.2) is 44.2 Å². The summed E-state index contributed by atoms with van der Waals surface area (Å²) in [5.41, 5.74) is 1.18. The first kappa shape index (κ1) is 18.3. The van der Waals surface area contributed by atoms with E-state index in [1.807, 2.05) is 4.90 Å². The third kappa shape index (κ3) is 3.99. The van der Waals surface area contributed by atoms with Gasteiger partial charge in [-0.3, -0.25) is 0 Å². The molecule has 0 bridgehead atoms. The Morgan fingerprint density at radius 3 is 2.42 bits per heavy atom. The number of amides is 2. The molecule has 138 valence electrons. The lowest BCUT2D eigenvalue weighted by atomic mass is 10.2. The van der Waals surface area contributed by atoms with E-state index in [4.69, 9.17) is 16.3 Å². The molecular weight excluding hydrogens is 364 g/mol. The van der Waals surface area contributed by atoms with Crippen molar-refractivity contribution in [3.05, 3.63) is 53.1 Å². The van der Waals surface area contributed by atoms with Crippen molar-refractivity contribution >= 4 is 29.0 Å². The third-order valence-electron chi connectivity index (χ3n) is 4.24. The molecule has 1 heterocycles. The summed E-state index contributed by atoms with van der Waals surface area (Å²) in [6, 6.07) is 8.58. The molecule has 2 aromatic rings. The average Bonchev–Trinajstić information content (AvgIpc) is 2.64. The number of hydrogen-bond acceptors (Lipinski definition) is 3. The lowest BCUT2D eigenvalue weighted by Gasteiger charge is -2.36. The minimum atomic E-state index is -0.876. The number of piperazine rings is 1. The van der Waals surface area contributed by atoms with Crippen molar-refractivity contribution in [1.29, 1.82) is 0 Å². The van der Waals surface area contributed by atoms with Crippen molar-refractivity contribution in [2.45, 2.75) is 0 Å². The third-order valence-corrected chi connectivity index (χ3v) is 4.53. The smallest absolute Gasteiger partial charge is 0.321 e. The van der Waals surface area contributed by atoms with Crippen LogP contribution in [0.4, 0.5) is 25.0 Å². The van der Waals surface area contributed by atoms with E-state index in [1.54, 1.807) is 23.1 Å². The average molecular weight is 382 g/mol. The Kier molecular flexibility index (Phi) is 5.46. The highest BCUT2D eigenvalue weighted by atomic mass is 35.5. The fourth-order valence-electron chi connectivity index (χ4n) is 2.80. The molecule has 0 aromatic heterocycles. The number of carbonyl (C=O) groups excluding carboxylic acids is 1. The minimum absolute atomic E-state index is 0.240. The molecule has 5 nitrogen and oxygen atoms in total. The molecule has 0 saturated carbocycles. The van der Waals surface area contributed by atoms with Gasteiger partial charge in [0.2, 0.25) is 0 Å². The molecule has 0 atom stereocenters. The van der Waals surface area contributed by atoms with Gasteiger partial charge >= 0.3 is 6.03 Å². The van der Waals surface area contributed by atoms with Crippen LogP contribution in [0.2, 0.25) is 5.02 Å². The molecule has 1 aliphatic rings. The van der Waals surface area contributed by atoms with Gasteiger partial charge in [0, 0.05) is 43.6 Å². The van der Waals surface area contributed by atoms with Crippen molar-refractivity contribution in [2.24, 2.45) is 0 Å². The van der Waals surface area contributed by atoms with Crippen molar-refractivity contribution < 1.29 is 18.3 Å². The van der Waals surface area contributed by atoms with Gasteiger partial charge in [-0.25, -0.2) is 13.6 Å². The minimum Gasteiger partial charge on any atom is -0.495 e. The van der Waals surface area contributed by atoms with E-state index < -0.39 is 11.6 Å². The van der Waals surface area contributed by atoms with Crippen molar-refractivity contribution in [3.8, 4) is 5.75 Å². The van der Waals surface area contributed by atoms with E-state index >= 15 is 0 Å². The lowest BCUT2D eigenvalue weighted by Crippen LogP contribution is -2.50. The number of nitrogens with one attached hydrogen (secondary N) is 1. The predicted molar refractivity (Wildman–Crippen MR) is 97.2 cm³/mol. The number of halogens is 3. The van der Waals surface area contributed by atoms with Crippen LogP contribution in [0.5, 0.6) is 5.75 Å². The molecule has 1 aliphatic heterocycles. The van der Waals surface area contributed by atoms with Gasteiger partial charge in [0.25, 0.3) is 0 Å². The number of carbonyl (C=O) groups is 1. The quantitative estimate of drug-likeness (QED) is 0.874. The maximum absolute atomic E-state index is 13.4. The van der Waals surface area contributed by atoms with Crippen LogP contribution < -0.4 is 15.0 Å². The monoisotopic (exact) mass is 381 g/mol. The van der Waals surface area contributed by atoms with E-state index in [-0.39, 0.29) is 6.03 Å². The standard InChI is InChI=1S/C18H18ClF2N3O2/c1-26-17-5-2-12(10-14(17)19)22-18(25)24-8-6-23(7-9-24)13-3-4-15(20)16(21)11-13/h2-5,10-11H,6-9H2,1H3,(H,22,25). The van der Waals surface area contributed by atoms with Crippen molar-refractivity contribution in [2.75, 3.05) is 43.5 Å². The summed E-state index contributed by atoms with van der Waals surface area (Å²) in [5, 5.41) is 3.20. The molecule has 26 heavy (non-hydrogen) atoms. The summed E-state index contributed by atoms with van der Waals surface area (Å²) < 4.78 is 31.5. The van der Waals surface area contributed by atoms with Gasteiger partial charge in [-0.1, -0.05) is 11.6 Å². The summed E-state index contributed by atoms with van der Waals surface area (Å²) in [6.45, 7) is 1.99. The van der Waals surface area contributed by atoms with Gasteiger partial charge in [-0.05, 0) is 30.3 Å². The number of methoxy groups -OCH3 is 1. The molecular formula is C18H18ClF2N3O2. The Hall–Kier alpha value is -2.54. The zero-order valence-electron chi connectivity index (χ0n) is 14.1. The number of ether oxygens (including phenoxy) is 1. The zero-order chi connectivity index (χ0) is 18.7. The zero-order valence-corrected chi connectivity index (χ0v) is 14.9. The highest BCUT2D eigenvalue weighted by Gasteiger charge is 2.22. The van der Waals surface area contributed by atoms with Crippen LogP contribution in [0.15, 0.2) is 36.4 Å². The number of nitrogens with zero attached hydrogens (tertiary/aromatic N) is 2. The van der Waals surface area contributed by atoms with E-state index in [1.165, 1.54) is 19.2 Å². The van der Waals surface area contributed by atoms with Crippen LogP contribution in [0, 0.1) is 11.6 Å². The second-order valence-corrected chi connectivity index (χ2v) is 6.26. The predicted octanol–water partition coefficient (Wildman–Crippen LogP) is 3.98. The normalized spacial score (nSPS) is 14.3. The Morgan fingerprint density at radius 2 is 1.81 bits per heavy atom. The number of hydrogen-bond donors (Lipinski definition) is 1. The van der Waals surface area contributed by atoms with Crippen molar-refractivity contribution in [1.82, 2.24) is 4.90 Å². The molecule has 0 spiro atoms. The highest BCUT2D eigenvalue weighted by molar-refractivity contribution is 6.32. The molecule has 1 fully saturated rings. The number of anilines is 2. The molecule has 0 unspecified atom stereocenters. The second kappa shape index (κ2) is 7.78. The second-order valence-electron chi connectivity index (χ2n) is 5.85. The van der Waals surface area contributed by atoms with Gasteiger partial charge < -0.3 is 19.9 Å². The number of rotatable bonds is 3. The van der Waals surface area contributed by atoms with Crippen LogP contribution in [0.1, 0.15) is 0 Å². The Balaban J connectivity index is 1.58. The lowest BCUT2D eigenvalue weighted by molar-refractivity contribution is 0.208. The molecule has 3 rings (SSSR count). The topological polar surface area (TPSA) is 44.8 Å². The van der Waals surface area contributed by atoms with Crippen LogP contribution in [0.3, 0.4) is 0 Å². The number of benzene rings is 2. The SMILES string of the molecule is COc1ccc(NC(=O)N2CCN(c3ccc(F)c(F)c3)CC2)cc1Cl. The molecule has 8 heteroatoms. The van der Waals surface area contributed by atoms with Gasteiger partial charge in [0.1, 0.15) is 5.75 Å². The summed E-state index contributed by atoms with van der Waals surface area (Å²) in [6.07, 6.45) is 0. The van der Waals surface area contributed by atoms with E-state index in [2.05, 4.69) is 5.32 Å². The van der Waals surface area contributed by atoms with Crippen LogP contribution >= 0.6 is 11.6 Å². The summed E-state index contributed by atoms with van der Waals surface area (Å²) >= 11 is 6.06. The van der Waals surface area contributed by atoms with Gasteiger partial charge in [-0.2, -0.15) is 0 Å². The first-order valence-corrected chi connectivity index (χ1v) is 8.45. The molecule has 1 saturated heterocycles. The number of urea groups is 1. The van der Waals surface area contributed by atoms with Gasteiger partial charge in [0.15, 0.2) is 11.6 Å². The first-order valence-electron chi connectivity index (χ1n) is 8.07. The van der Waals surface area contributed by atoms with Crippen LogP contribution in [0.25, 0.3) is 0 Å². The van der Waals surface area contributed by atoms with E-state index in [9.17, 15) is 13.6 Å². The van der Waals surface area contributed by atoms with E-state index in [0.717, 1.165) is 6.07 Å². The maximum Gasteiger partial charge on any atom is 0.321 e. The summed E-state index contributed by atoms with van der Waals surface area (Å²) in [7, 11) is 1.52. The molecule has 0 aliphatic carbocycles. The largest absolute Gasteiger partial charge is 0.495 e. The Morgan fingerprint density at radius 1 is 1.08 bits per heavy atom. The van der Waals surface area contributed by atoms with Gasteiger partial charge in [0.05, 0.1) is 12.1 Å². The molecule has 0 radical (unpaired) electrons. The molecule has 2 amide bonds. The summed E-state index contributed by atoms with van der Waals surface area (Å²) in [4.78, 5) is 16.0. The fraction of sp³-hybridized carbons (Fsp3) is 0.278. The fourth-order valence-corrected chi connectivity index (χ4v) is 3.05. The van der Waals surface area contributed by atoms with E-state index in [0.29, 0.717) is 48.3 Å².